The zero-order valence-corrected chi connectivity index (χ0v) is 15.1. The Bertz CT molecular complexity index is 805. The number of fused-ring (bicyclic) bond motifs is 3. The van der Waals surface area contributed by atoms with Crippen LogP contribution in [0.25, 0.3) is 11.0 Å². The van der Waals surface area contributed by atoms with E-state index in [4.69, 9.17) is 4.74 Å². The molecule has 1 saturated carbocycles. The maximum atomic E-state index is 13.2. The van der Waals surface area contributed by atoms with Crippen molar-refractivity contribution < 1.29 is 9.53 Å². The van der Waals surface area contributed by atoms with Gasteiger partial charge in [-0.3, -0.25) is 4.79 Å². The quantitative estimate of drug-likeness (QED) is 0.919. The molecule has 3 aliphatic rings. The minimum Gasteiger partial charge on any atom is -0.376 e. The number of amides is 1. The van der Waals surface area contributed by atoms with Crippen molar-refractivity contribution in [3.63, 3.8) is 0 Å². The van der Waals surface area contributed by atoms with Crippen LogP contribution in [0.3, 0.4) is 0 Å². The lowest BCUT2D eigenvalue weighted by Crippen LogP contribution is -2.53. The van der Waals surface area contributed by atoms with E-state index in [2.05, 4.69) is 20.9 Å². The van der Waals surface area contributed by atoms with Gasteiger partial charge in [0.2, 0.25) is 0 Å². The van der Waals surface area contributed by atoms with Crippen LogP contribution in [0.1, 0.15) is 55.3 Å². The smallest absolute Gasteiger partial charge is 0.259 e. The first-order chi connectivity index (χ1) is 12.8. The summed E-state index contributed by atoms with van der Waals surface area (Å²) in [6.07, 6.45) is 12.3. The number of H-pyrrole nitrogens is 1. The maximum absolute atomic E-state index is 13.2. The average molecular weight is 354 g/mol. The number of hydrogen-bond acceptors (Lipinski definition) is 4. The molecule has 0 bridgehead atoms. The van der Waals surface area contributed by atoms with Crippen molar-refractivity contribution in [2.24, 2.45) is 0 Å². The van der Waals surface area contributed by atoms with Gasteiger partial charge in [0.1, 0.15) is 5.65 Å². The Morgan fingerprint density at radius 3 is 2.88 bits per heavy atom. The van der Waals surface area contributed by atoms with E-state index in [1.807, 2.05) is 11.1 Å². The van der Waals surface area contributed by atoms with Gasteiger partial charge in [-0.05, 0) is 31.7 Å². The fourth-order valence-corrected chi connectivity index (χ4v) is 4.81. The molecule has 138 valence electrons. The minimum absolute atomic E-state index is 0.0955. The highest BCUT2D eigenvalue weighted by Crippen LogP contribution is 2.38. The summed E-state index contributed by atoms with van der Waals surface area (Å²) in [4.78, 5) is 25.3. The number of aromatic nitrogens is 2. The largest absolute Gasteiger partial charge is 0.376 e. The number of carbonyl (C=O) groups excluding carboxylic acids is 1. The van der Waals surface area contributed by atoms with Crippen LogP contribution in [-0.4, -0.2) is 52.7 Å². The molecule has 2 fully saturated rings. The molecular weight excluding hydrogens is 328 g/mol. The molecule has 1 aliphatic carbocycles. The highest BCUT2D eigenvalue weighted by atomic mass is 16.5. The molecule has 2 aliphatic heterocycles. The van der Waals surface area contributed by atoms with E-state index in [0.29, 0.717) is 19.3 Å². The highest BCUT2D eigenvalue weighted by Gasteiger charge is 2.36. The van der Waals surface area contributed by atoms with Gasteiger partial charge in [0.15, 0.2) is 0 Å². The topological polar surface area (TPSA) is 61.5 Å². The van der Waals surface area contributed by atoms with E-state index in [9.17, 15) is 4.79 Å². The monoisotopic (exact) mass is 354 g/mol. The number of nitrogens with one attached hydrogen (secondary N) is 1. The summed E-state index contributed by atoms with van der Waals surface area (Å²) < 4.78 is 5.80. The van der Waals surface area contributed by atoms with Gasteiger partial charge in [0.05, 0.1) is 24.0 Å². The SMILES string of the molecule is O=C1c2cnc3[nH]ccc3c2N(C2CCCCC2)CN1CC1CCCO1. The molecule has 1 amide bonds. The number of anilines is 1. The molecule has 2 aromatic rings. The fourth-order valence-electron chi connectivity index (χ4n) is 4.81. The van der Waals surface area contributed by atoms with Crippen molar-refractivity contribution in [2.45, 2.75) is 57.1 Å². The molecule has 0 aromatic carbocycles. The molecule has 0 radical (unpaired) electrons. The van der Waals surface area contributed by atoms with E-state index < -0.39 is 0 Å². The molecule has 4 heterocycles. The molecule has 1 saturated heterocycles. The third-order valence-corrected chi connectivity index (χ3v) is 6.15. The number of hydrogen-bond donors (Lipinski definition) is 1. The van der Waals surface area contributed by atoms with Gasteiger partial charge in [-0.2, -0.15) is 0 Å². The second-order valence-electron chi connectivity index (χ2n) is 7.83. The number of ether oxygens (including phenoxy) is 1. The van der Waals surface area contributed by atoms with Gasteiger partial charge in [-0.25, -0.2) is 4.98 Å². The first-order valence-corrected chi connectivity index (χ1v) is 9.95. The number of carbonyl (C=O) groups is 1. The summed E-state index contributed by atoms with van der Waals surface area (Å²) in [5.41, 5.74) is 2.69. The van der Waals surface area contributed by atoms with E-state index in [-0.39, 0.29) is 12.0 Å². The van der Waals surface area contributed by atoms with Crippen molar-refractivity contribution in [3.8, 4) is 0 Å². The van der Waals surface area contributed by atoms with E-state index in [0.717, 1.165) is 41.7 Å². The Kier molecular flexibility index (Phi) is 4.08. The van der Waals surface area contributed by atoms with Crippen LogP contribution in [0.2, 0.25) is 0 Å². The minimum atomic E-state index is 0.0955. The van der Waals surface area contributed by atoms with Gasteiger partial charge in [-0.1, -0.05) is 19.3 Å². The second-order valence-corrected chi connectivity index (χ2v) is 7.83. The third kappa shape index (κ3) is 2.67. The van der Waals surface area contributed by atoms with Crippen molar-refractivity contribution in [3.05, 3.63) is 24.0 Å². The Morgan fingerprint density at radius 2 is 2.08 bits per heavy atom. The fraction of sp³-hybridized carbons (Fsp3) is 0.600. The lowest BCUT2D eigenvalue weighted by atomic mass is 9.92. The zero-order chi connectivity index (χ0) is 17.5. The van der Waals surface area contributed by atoms with Gasteiger partial charge >= 0.3 is 0 Å². The number of rotatable bonds is 3. The number of pyridine rings is 1. The van der Waals surface area contributed by atoms with Crippen LogP contribution >= 0.6 is 0 Å². The average Bonchev–Trinajstić information content (AvgIpc) is 3.36. The molecule has 1 atom stereocenters. The van der Waals surface area contributed by atoms with Crippen molar-refractivity contribution in [1.29, 1.82) is 0 Å². The molecule has 0 spiro atoms. The standard InChI is InChI=1S/C20H26N4O2/c25-20-17-11-22-19-16(8-9-21-19)18(17)24(14-5-2-1-3-6-14)13-23(20)12-15-7-4-10-26-15/h8-9,11,14-15H,1-7,10,12-13H2,(H,21,22). The summed E-state index contributed by atoms with van der Waals surface area (Å²) in [7, 11) is 0. The van der Waals surface area contributed by atoms with E-state index in [1.54, 1.807) is 6.20 Å². The van der Waals surface area contributed by atoms with Crippen molar-refractivity contribution in [2.75, 3.05) is 24.7 Å². The van der Waals surface area contributed by atoms with Crippen LogP contribution in [0.5, 0.6) is 0 Å². The summed E-state index contributed by atoms with van der Waals surface area (Å²) in [6, 6.07) is 2.56. The Morgan fingerprint density at radius 1 is 1.19 bits per heavy atom. The van der Waals surface area contributed by atoms with Crippen molar-refractivity contribution in [1.82, 2.24) is 14.9 Å². The molecule has 26 heavy (non-hydrogen) atoms. The summed E-state index contributed by atoms with van der Waals surface area (Å²) in [5, 5.41) is 1.07. The zero-order valence-electron chi connectivity index (χ0n) is 15.1. The molecule has 2 aromatic heterocycles. The third-order valence-electron chi connectivity index (χ3n) is 6.15. The molecule has 6 heteroatoms. The van der Waals surface area contributed by atoms with Crippen LogP contribution in [0.4, 0.5) is 5.69 Å². The normalized spacial score (nSPS) is 24.5. The Hall–Kier alpha value is -2.08. The Labute approximate surface area is 153 Å². The first-order valence-electron chi connectivity index (χ1n) is 9.95. The number of nitrogens with zero attached hydrogens (tertiary/aromatic N) is 3. The van der Waals surface area contributed by atoms with Gasteiger partial charge in [-0.15, -0.1) is 0 Å². The van der Waals surface area contributed by atoms with Crippen LogP contribution in [0.15, 0.2) is 18.5 Å². The van der Waals surface area contributed by atoms with Crippen LogP contribution < -0.4 is 4.90 Å². The van der Waals surface area contributed by atoms with Crippen LogP contribution in [-0.2, 0) is 4.74 Å². The molecule has 6 nitrogen and oxygen atoms in total. The molecule has 5 rings (SSSR count). The van der Waals surface area contributed by atoms with Crippen molar-refractivity contribution >= 4 is 22.6 Å². The van der Waals surface area contributed by atoms with Crippen LogP contribution in [0, 0.1) is 0 Å². The predicted octanol–water partition coefficient (Wildman–Crippen LogP) is 3.29. The number of aromatic amines is 1. The van der Waals surface area contributed by atoms with Gasteiger partial charge in [0, 0.05) is 37.0 Å². The lowest BCUT2D eigenvalue weighted by molar-refractivity contribution is 0.0502. The molecule has 1 unspecified atom stereocenters. The van der Waals surface area contributed by atoms with E-state index in [1.165, 1.54) is 32.1 Å². The summed E-state index contributed by atoms with van der Waals surface area (Å²) in [5.74, 6) is 0.0955. The summed E-state index contributed by atoms with van der Waals surface area (Å²) >= 11 is 0. The highest BCUT2D eigenvalue weighted by molar-refractivity contribution is 6.08. The predicted molar refractivity (Wildman–Crippen MR) is 100 cm³/mol. The molecular formula is C20H26N4O2. The summed E-state index contributed by atoms with van der Waals surface area (Å²) in [6.45, 7) is 2.18. The van der Waals surface area contributed by atoms with Gasteiger partial charge < -0.3 is 19.5 Å². The second kappa shape index (κ2) is 6.58. The first kappa shape index (κ1) is 16.1. The molecule has 1 N–H and O–H groups in total. The Balaban J connectivity index is 1.54. The maximum Gasteiger partial charge on any atom is 0.259 e. The van der Waals surface area contributed by atoms with E-state index >= 15 is 0 Å². The lowest BCUT2D eigenvalue weighted by Gasteiger charge is -2.44. The van der Waals surface area contributed by atoms with Gasteiger partial charge in [0.25, 0.3) is 5.91 Å².